The van der Waals surface area contributed by atoms with Crippen molar-refractivity contribution < 1.29 is 9.53 Å². The number of methoxy groups -OCH3 is 1. The van der Waals surface area contributed by atoms with Crippen molar-refractivity contribution >= 4 is 34.4 Å². The monoisotopic (exact) mass is 390 g/mol. The summed E-state index contributed by atoms with van der Waals surface area (Å²) < 4.78 is 5.12. The fourth-order valence-corrected chi connectivity index (χ4v) is 3.63. The number of nitrogens with one attached hydrogen (secondary N) is 2. The minimum Gasteiger partial charge on any atom is -0.497 e. The van der Waals surface area contributed by atoms with Gasteiger partial charge in [0.15, 0.2) is 0 Å². The number of amides is 1. The predicted octanol–water partition coefficient (Wildman–Crippen LogP) is 4.36. The van der Waals surface area contributed by atoms with Crippen LogP contribution in [0.2, 0.25) is 0 Å². The molecule has 0 aliphatic heterocycles. The molecule has 4 rings (SSSR count). The summed E-state index contributed by atoms with van der Waals surface area (Å²) in [5.41, 5.74) is 4.51. The van der Waals surface area contributed by atoms with Gasteiger partial charge in [0.1, 0.15) is 22.6 Å². The van der Waals surface area contributed by atoms with Crippen LogP contribution in [-0.2, 0) is 4.79 Å². The van der Waals surface area contributed by atoms with Crippen molar-refractivity contribution in [3.63, 3.8) is 0 Å². The molecule has 7 heteroatoms. The van der Waals surface area contributed by atoms with Crippen molar-refractivity contribution in [2.24, 2.45) is 0 Å². The Hall–Kier alpha value is -3.32. The van der Waals surface area contributed by atoms with Crippen molar-refractivity contribution in [1.82, 2.24) is 15.0 Å². The van der Waals surface area contributed by atoms with Gasteiger partial charge in [0.05, 0.1) is 18.4 Å². The number of aromatic nitrogens is 3. The fourth-order valence-electron chi connectivity index (χ4n) is 2.87. The summed E-state index contributed by atoms with van der Waals surface area (Å²) in [6.07, 6.45) is 3.46. The molecule has 2 N–H and O–H groups in total. The lowest BCUT2D eigenvalue weighted by molar-refractivity contribution is -0.113. The number of hydrogen-bond donors (Lipinski definition) is 2. The highest BCUT2D eigenvalue weighted by atomic mass is 32.2. The number of ether oxygens (including phenoxy) is 1. The molecule has 2 aromatic carbocycles. The number of rotatable bonds is 6. The minimum absolute atomic E-state index is 0.100. The fraction of sp³-hybridized carbons (Fsp3) is 0.0952. The number of thioether (sulfide) groups is 1. The van der Waals surface area contributed by atoms with Crippen LogP contribution in [0.1, 0.15) is 0 Å². The number of nitrogens with zero attached hydrogens (tertiary/aromatic N) is 2. The maximum Gasteiger partial charge on any atom is 0.234 e. The standard InChI is InChI=1S/C21H18N4O2S/c1-27-16-9-7-15(8-10-16)25-18(26)12-28-21-20-19(23-13-24-21)17(11-22-20)14-5-3-2-4-6-14/h2-11,13,22H,12H2,1H3,(H,25,26). The Labute approximate surface area is 166 Å². The molecule has 2 heterocycles. The molecule has 0 saturated heterocycles. The summed E-state index contributed by atoms with van der Waals surface area (Å²) in [6.45, 7) is 0. The summed E-state index contributed by atoms with van der Waals surface area (Å²) in [5, 5.41) is 3.62. The average molecular weight is 390 g/mol. The van der Waals surface area contributed by atoms with Gasteiger partial charge in [-0.15, -0.1) is 0 Å². The lowest BCUT2D eigenvalue weighted by Gasteiger charge is -2.06. The topological polar surface area (TPSA) is 79.9 Å². The van der Waals surface area contributed by atoms with Gasteiger partial charge in [-0.05, 0) is 29.8 Å². The Morgan fingerprint density at radius 2 is 1.89 bits per heavy atom. The molecule has 28 heavy (non-hydrogen) atoms. The van der Waals surface area contributed by atoms with Crippen molar-refractivity contribution in [2.45, 2.75) is 5.03 Å². The quantitative estimate of drug-likeness (QED) is 0.378. The van der Waals surface area contributed by atoms with Crippen LogP contribution in [-0.4, -0.2) is 33.7 Å². The molecule has 0 aliphatic rings. The zero-order valence-electron chi connectivity index (χ0n) is 15.2. The maximum atomic E-state index is 12.3. The Bertz CT molecular complexity index is 1090. The third kappa shape index (κ3) is 3.84. The van der Waals surface area contributed by atoms with E-state index in [1.54, 1.807) is 31.4 Å². The van der Waals surface area contributed by atoms with E-state index in [1.807, 2.05) is 36.5 Å². The number of hydrogen-bond acceptors (Lipinski definition) is 5. The molecule has 0 saturated carbocycles. The van der Waals surface area contributed by atoms with Crippen LogP contribution in [0.4, 0.5) is 5.69 Å². The van der Waals surface area contributed by atoms with Gasteiger partial charge in [-0.3, -0.25) is 4.79 Å². The van der Waals surface area contributed by atoms with Crippen molar-refractivity contribution in [3.8, 4) is 16.9 Å². The molecule has 1 amide bonds. The average Bonchev–Trinajstić information content (AvgIpc) is 3.18. The Morgan fingerprint density at radius 3 is 2.64 bits per heavy atom. The summed E-state index contributed by atoms with van der Waals surface area (Å²) >= 11 is 1.37. The van der Waals surface area contributed by atoms with E-state index in [0.717, 1.165) is 38.6 Å². The molecule has 0 aliphatic carbocycles. The normalized spacial score (nSPS) is 10.8. The first-order chi connectivity index (χ1) is 13.7. The molecule has 0 fully saturated rings. The molecule has 0 unspecified atom stereocenters. The van der Waals surface area contributed by atoms with Gasteiger partial charge in [0, 0.05) is 17.4 Å². The smallest absolute Gasteiger partial charge is 0.234 e. The Morgan fingerprint density at radius 1 is 1.11 bits per heavy atom. The summed E-state index contributed by atoms with van der Waals surface area (Å²) in [7, 11) is 1.61. The molecule has 0 radical (unpaired) electrons. The predicted molar refractivity (Wildman–Crippen MR) is 112 cm³/mol. The number of carbonyl (C=O) groups excluding carboxylic acids is 1. The largest absolute Gasteiger partial charge is 0.497 e. The van der Waals surface area contributed by atoms with Gasteiger partial charge in [0.25, 0.3) is 0 Å². The first-order valence-corrected chi connectivity index (χ1v) is 9.67. The van der Waals surface area contributed by atoms with Gasteiger partial charge >= 0.3 is 0 Å². The highest BCUT2D eigenvalue weighted by Crippen LogP contribution is 2.31. The van der Waals surface area contributed by atoms with Crippen LogP contribution in [0.25, 0.3) is 22.2 Å². The van der Waals surface area contributed by atoms with E-state index < -0.39 is 0 Å². The van der Waals surface area contributed by atoms with E-state index >= 15 is 0 Å². The molecule has 0 atom stereocenters. The summed E-state index contributed by atoms with van der Waals surface area (Å²) in [4.78, 5) is 24.3. The van der Waals surface area contributed by atoms with Gasteiger partial charge in [0.2, 0.25) is 5.91 Å². The first-order valence-electron chi connectivity index (χ1n) is 8.69. The first kappa shape index (κ1) is 18.1. The molecular weight excluding hydrogens is 372 g/mol. The molecule has 0 bridgehead atoms. The lowest BCUT2D eigenvalue weighted by Crippen LogP contribution is -2.14. The van der Waals surface area contributed by atoms with E-state index in [4.69, 9.17) is 4.74 Å². The van der Waals surface area contributed by atoms with Crippen molar-refractivity contribution in [3.05, 3.63) is 67.1 Å². The van der Waals surface area contributed by atoms with Gasteiger partial charge in [-0.2, -0.15) is 0 Å². The van der Waals surface area contributed by atoms with Crippen LogP contribution >= 0.6 is 11.8 Å². The molecule has 6 nitrogen and oxygen atoms in total. The SMILES string of the molecule is COc1ccc(NC(=O)CSc2ncnc3c(-c4ccccc4)c[nH]c23)cc1. The highest BCUT2D eigenvalue weighted by molar-refractivity contribution is 8.00. The second-order valence-corrected chi connectivity index (χ2v) is 7.00. The summed E-state index contributed by atoms with van der Waals surface area (Å²) in [6, 6.07) is 17.3. The number of H-pyrrole nitrogens is 1. The third-order valence-corrected chi connectivity index (χ3v) is 5.22. The van der Waals surface area contributed by atoms with Crippen LogP contribution in [0.15, 0.2) is 72.1 Å². The highest BCUT2D eigenvalue weighted by Gasteiger charge is 2.13. The molecule has 140 valence electrons. The second-order valence-electron chi connectivity index (χ2n) is 6.04. The Kier molecular flexibility index (Phi) is 5.25. The molecule has 2 aromatic heterocycles. The summed E-state index contributed by atoms with van der Waals surface area (Å²) in [5.74, 6) is 0.895. The number of anilines is 1. The number of fused-ring (bicyclic) bond motifs is 1. The molecular formula is C21H18N4O2S. The minimum atomic E-state index is -0.100. The zero-order valence-corrected chi connectivity index (χ0v) is 16.0. The van der Waals surface area contributed by atoms with Crippen LogP contribution in [0, 0.1) is 0 Å². The van der Waals surface area contributed by atoms with Gasteiger partial charge < -0.3 is 15.0 Å². The van der Waals surface area contributed by atoms with E-state index in [0.29, 0.717) is 0 Å². The molecule has 0 spiro atoms. The van der Waals surface area contributed by atoms with E-state index in [1.165, 1.54) is 18.1 Å². The third-order valence-electron chi connectivity index (χ3n) is 4.23. The Balaban J connectivity index is 1.47. The van der Waals surface area contributed by atoms with E-state index in [9.17, 15) is 4.79 Å². The van der Waals surface area contributed by atoms with Crippen LogP contribution in [0.3, 0.4) is 0 Å². The zero-order chi connectivity index (χ0) is 19.3. The van der Waals surface area contributed by atoms with Crippen LogP contribution < -0.4 is 10.1 Å². The molecule has 4 aromatic rings. The van der Waals surface area contributed by atoms with Gasteiger partial charge in [-0.1, -0.05) is 42.1 Å². The lowest BCUT2D eigenvalue weighted by atomic mass is 10.1. The number of carbonyl (C=O) groups is 1. The maximum absolute atomic E-state index is 12.3. The van der Waals surface area contributed by atoms with Gasteiger partial charge in [-0.25, -0.2) is 9.97 Å². The van der Waals surface area contributed by atoms with Crippen molar-refractivity contribution in [1.29, 1.82) is 0 Å². The van der Waals surface area contributed by atoms with E-state index in [-0.39, 0.29) is 11.7 Å². The van der Waals surface area contributed by atoms with E-state index in [2.05, 4.69) is 20.3 Å². The number of benzene rings is 2. The van der Waals surface area contributed by atoms with Crippen molar-refractivity contribution in [2.75, 3.05) is 18.2 Å². The van der Waals surface area contributed by atoms with Crippen LogP contribution in [0.5, 0.6) is 5.75 Å². The number of aromatic amines is 1. The second kappa shape index (κ2) is 8.14.